The maximum atomic E-state index is 12.8. The zero-order valence-corrected chi connectivity index (χ0v) is 18.6. The molecule has 0 spiro atoms. The molecule has 1 amide bonds. The number of amides is 1. The van der Waals surface area contributed by atoms with Crippen molar-refractivity contribution in [2.75, 3.05) is 43.9 Å². The van der Waals surface area contributed by atoms with Gasteiger partial charge in [-0.2, -0.15) is 0 Å². The van der Waals surface area contributed by atoms with E-state index < -0.39 is 0 Å². The predicted molar refractivity (Wildman–Crippen MR) is 120 cm³/mol. The molecule has 2 saturated heterocycles. The number of piperidine rings is 1. The van der Waals surface area contributed by atoms with Gasteiger partial charge in [0.05, 0.1) is 18.6 Å². The van der Waals surface area contributed by atoms with Crippen molar-refractivity contribution in [2.45, 2.75) is 50.1 Å². The largest absolute Gasteiger partial charge is 0.495 e. The van der Waals surface area contributed by atoms with Crippen molar-refractivity contribution in [3.8, 4) is 11.4 Å². The molecule has 2 aromatic rings. The van der Waals surface area contributed by atoms with Crippen LogP contribution in [0.15, 0.2) is 29.4 Å². The third-order valence-corrected chi connectivity index (χ3v) is 6.78. The molecule has 2 fully saturated rings. The van der Waals surface area contributed by atoms with E-state index in [2.05, 4.69) is 19.7 Å². The van der Waals surface area contributed by atoms with E-state index in [1.807, 2.05) is 29.2 Å². The Morgan fingerprint density at radius 3 is 2.37 bits per heavy atom. The summed E-state index contributed by atoms with van der Waals surface area (Å²) in [5.74, 6) is 2.18. The second kappa shape index (κ2) is 10.2. The molecule has 7 nitrogen and oxygen atoms in total. The quantitative estimate of drug-likeness (QED) is 0.652. The molecule has 8 heteroatoms. The van der Waals surface area contributed by atoms with Crippen LogP contribution < -0.4 is 9.64 Å². The Labute approximate surface area is 182 Å². The number of hydrogen-bond acceptors (Lipinski definition) is 6. The monoisotopic (exact) mass is 429 g/mol. The van der Waals surface area contributed by atoms with Gasteiger partial charge < -0.3 is 14.5 Å². The summed E-state index contributed by atoms with van der Waals surface area (Å²) >= 11 is 1.47. The minimum atomic E-state index is 0.191. The summed E-state index contributed by atoms with van der Waals surface area (Å²) in [6, 6.07) is 7.93. The van der Waals surface area contributed by atoms with Crippen molar-refractivity contribution in [3.63, 3.8) is 0 Å². The summed E-state index contributed by atoms with van der Waals surface area (Å²) in [6.07, 6.45) is 8.23. The maximum Gasteiger partial charge on any atom is 0.233 e. The Balaban J connectivity index is 1.59. The number of rotatable bonds is 6. The van der Waals surface area contributed by atoms with Gasteiger partial charge in [0, 0.05) is 26.2 Å². The molecule has 1 aromatic heterocycles. The van der Waals surface area contributed by atoms with Crippen LogP contribution in [0.3, 0.4) is 0 Å². The predicted octanol–water partition coefficient (Wildman–Crippen LogP) is 3.76. The molecule has 0 unspecified atom stereocenters. The highest BCUT2D eigenvalue weighted by molar-refractivity contribution is 7.99. The third kappa shape index (κ3) is 4.74. The molecule has 2 aliphatic rings. The van der Waals surface area contributed by atoms with Crippen LogP contribution in [0.2, 0.25) is 0 Å². The van der Waals surface area contributed by atoms with E-state index in [-0.39, 0.29) is 5.91 Å². The lowest BCUT2D eigenvalue weighted by Crippen LogP contribution is -2.33. The molecule has 162 valence electrons. The van der Waals surface area contributed by atoms with Crippen LogP contribution in [-0.4, -0.2) is 64.6 Å². The van der Waals surface area contributed by atoms with Gasteiger partial charge in [-0.15, -0.1) is 10.2 Å². The van der Waals surface area contributed by atoms with Crippen molar-refractivity contribution in [1.82, 2.24) is 19.7 Å². The number of anilines is 1. The molecular weight excluding hydrogens is 398 g/mol. The van der Waals surface area contributed by atoms with Gasteiger partial charge >= 0.3 is 0 Å². The fraction of sp³-hybridized carbons (Fsp3) is 0.591. The summed E-state index contributed by atoms with van der Waals surface area (Å²) in [7, 11) is 1.68. The van der Waals surface area contributed by atoms with Gasteiger partial charge in [0.15, 0.2) is 5.16 Å². The number of para-hydroxylation sites is 2. The number of aromatic nitrogens is 3. The van der Waals surface area contributed by atoms with Gasteiger partial charge in [-0.25, -0.2) is 0 Å². The smallest absolute Gasteiger partial charge is 0.233 e. The first-order valence-corrected chi connectivity index (χ1v) is 12.0. The zero-order chi connectivity index (χ0) is 20.8. The first-order chi connectivity index (χ1) is 14.8. The second-order valence-corrected chi connectivity index (χ2v) is 8.86. The van der Waals surface area contributed by atoms with Gasteiger partial charge in [0.25, 0.3) is 0 Å². The van der Waals surface area contributed by atoms with Gasteiger partial charge in [-0.3, -0.25) is 9.36 Å². The Morgan fingerprint density at radius 2 is 1.63 bits per heavy atom. The van der Waals surface area contributed by atoms with E-state index in [1.165, 1.54) is 31.0 Å². The number of benzene rings is 1. The van der Waals surface area contributed by atoms with Crippen LogP contribution >= 0.6 is 11.8 Å². The van der Waals surface area contributed by atoms with Gasteiger partial charge in [-0.05, 0) is 44.2 Å². The molecule has 0 saturated carbocycles. The molecular formula is C22H31N5O2S. The number of nitrogens with zero attached hydrogens (tertiary/aromatic N) is 5. The molecule has 0 atom stereocenters. The highest BCUT2D eigenvalue weighted by atomic mass is 32.2. The van der Waals surface area contributed by atoms with E-state index >= 15 is 0 Å². The normalized spacial score (nSPS) is 17.6. The van der Waals surface area contributed by atoms with Gasteiger partial charge in [-0.1, -0.05) is 36.7 Å². The van der Waals surface area contributed by atoms with E-state index in [4.69, 9.17) is 4.74 Å². The van der Waals surface area contributed by atoms with Crippen LogP contribution in [0.5, 0.6) is 5.75 Å². The van der Waals surface area contributed by atoms with E-state index in [0.717, 1.165) is 74.4 Å². The molecule has 30 heavy (non-hydrogen) atoms. The van der Waals surface area contributed by atoms with Crippen LogP contribution in [-0.2, 0) is 4.79 Å². The van der Waals surface area contributed by atoms with Crippen LogP contribution in [0.4, 0.5) is 5.95 Å². The SMILES string of the molecule is COc1ccccc1-n1c(SCC(=O)N2CCCCCC2)nnc1N1CCCCC1. The average molecular weight is 430 g/mol. The third-order valence-electron chi connectivity index (χ3n) is 5.86. The lowest BCUT2D eigenvalue weighted by atomic mass is 10.1. The highest BCUT2D eigenvalue weighted by Crippen LogP contribution is 2.33. The van der Waals surface area contributed by atoms with Crippen LogP contribution in [0.25, 0.3) is 5.69 Å². The van der Waals surface area contributed by atoms with Crippen molar-refractivity contribution >= 4 is 23.6 Å². The molecule has 0 aliphatic carbocycles. The summed E-state index contributed by atoms with van der Waals surface area (Å²) in [5, 5.41) is 9.76. The Bertz CT molecular complexity index is 842. The van der Waals surface area contributed by atoms with E-state index in [0.29, 0.717) is 5.75 Å². The number of carbonyl (C=O) groups excluding carboxylic acids is 1. The maximum absolute atomic E-state index is 12.8. The summed E-state index contributed by atoms with van der Waals surface area (Å²) in [6.45, 7) is 3.70. The number of carbonyl (C=O) groups is 1. The Kier molecular flexibility index (Phi) is 7.15. The average Bonchev–Trinajstić information content (AvgIpc) is 3.02. The molecule has 0 radical (unpaired) electrons. The number of thioether (sulfide) groups is 1. The summed E-state index contributed by atoms with van der Waals surface area (Å²) < 4.78 is 7.68. The Hall–Kier alpha value is -2.22. The summed E-state index contributed by atoms with van der Waals surface area (Å²) in [4.78, 5) is 17.1. The highest BCUT2D eigenvalue weighted by Gasteiger charge is 2.24. The van der Waals surface area contributed by atoms with E-state index in [9.17, 15) is 4.79 Å². The van der Waals surface area contributed by atoms with Crippen LogP contribution in [0, 0.1) is 0 Å². The minimum absolute atomic E-state index is 0.191. The number of ether oxygens (including phenoxy) is 1. The topological polar surface area (TPSA) is 63.5 Å². The van der Waals surface area contributed by atoms with Crippen molar-refractivity contribution in [1.29, 1.82) is 0 Å². The van der Waals surface area contributed by atoms with Gasteiger partial charge in [0.2, 0.25) is 11.9 Å². The molecule has 4 rings (SSSR count). The minimum Gasteiger partial charge on any atom is -0.495 e. The lowest BCUT2D eigenvalue weighted by Gasteiger charge is -2.28. The molecule has 0 N–H and O–H groups in total. The molecule has 2 aliphatic heterocycles. The lowest BCUT2D eigenvalue weighted by molar-refractivity contribution is -0.128. The number of methoxy groups -OCH3 is 1. The number of hydrogen-bond donors (Lipinski definition) is 0. The van der Waals surface area contributed by atoms with Crippen LogP contribution in [0.1, 0.15) is 44.9 Å². The first-order valence-electron chi connectivity index (χ1n) is 11.0. The molecule has 1 aromatic carbocycles. The van der Waals surface area contributed by atoms with Gasteiger partial charge in [0.1, 0.15) is 5.75 Å². The molecule has 3 heterocycles. The first kappa shape index (κ1) is 21.0. The van der Waals surface area contributed by atoms with E-state index in [1.54, 1.807) is 7.11 Å². The van der Waals surface area contributed by atoms with Crippen molar-refractivity contribution in [2.24, 2.45) is 0 Å². The van der Waals surface area contributed by atoms with Crippen molar-refractivity contribution < 1.29 is 9.53 Å². The standard InChI is InChI=1S/C22H31N5O2S/c1-29-19-12-6-5-11-18(19)27-21(26-15-9-4-10-16-26)23-24-22(27)30-17-20(28)25-13-7-2-3-8-14-25/h5-6,11-12H,2-4,7-10,13-17H2,1H3. The number of likely N-dealkylation sites (tertiary alicyclic amines) is 1. The fourth-order valence-electron chi connectivity index (χ4n) is 4.22. The fourth-order valence-corrected chi connectivity index (χ4v) is 5.06. The van der Waals surface area contributed by atoms with Crippen molar-refractivity contribution in [3.05, 3.63) is 24.3 Å². The molecule has 0 bridgehead atoms. The zero-order valence-electron chi connectivity index (χ0n) is 17.8. The summed E-state index contributed by atoms with van der Waals surface area (Å²) in [5.41, 5.74) is 0.912. The second-order valence-electron chi connectivity index (χ2n) is 7.92. The Morgan fingerprint density at radius 1 is 0.967 bits per heavy atom.